The average molecular weight is 457 g/mol. The number of phenols is 3. The molecule has 0 spiro atoms. The van der Waals surface area contributed by atoms with E-state index in [4.69, 9.17) is 4.74 Å². The Morgan fingerprint density at radius 1 is 1.00 bits per heavy atom. The second kappa shape index (κ2) is 6.59. The first kappa shape index (κ1) is 18.9. The third-order valence-electron chi connectivity index (χ3n) is 4.95. The number of aromatic hydroxyl groups is 3. The highest BCUT2D eigenvalue weighted by Gasteiger charge is 2.39. The lowest BCUT2D eigenvalue weighted by Gasteiger charge is -2.22. The molecule has 1 aliphatic rings. The summed E-state index contributed by atoms with van der Waals surface area (Å²) in [6, 6.07) is 6.87. The topological polar surface area (TPSA) is 121 Å². The van der Waals surface area contributed by atoms with Gasteiger partial charge in [-0.1, -0.05) is 28.1 Å². The van der Waals surface area contributed by atoms with E-state index in [2.05, 4.69) is 15.9 Å². The Kier molecular flexibility index (Phi) is 4.31. The van der Waals surface area contributed by atoms with Gasteiger partial charge < -0.3 is 20.1 Å². The summed E-state index contributed by atoms with van der Waals surface area (Å²) < 4.78 is 5.21. The number of rotatable bonds is 3. The van der Waals surface area contributed by atoms with Crippen LogP contribution in [0.15, 0.2) is 30.3 Å². The normalized spacial score (nSPS) is 12.6. The molecule has 0 saturated carbocycles. The molecule has 0 radical (unpaired) electrons. The van der Waals surface area contributed by atoms with Crippen LogP contribution in [0.5, 0.6) is 23.0 Å². The van der Waals surface area contributed by atoms with Crippen LogP contribution in [0.4, 0.5) is 0 Å². The number of hydrogen-bond acceptors (Lipinski definition) is 7. The lowest BCUT2D eigenvalue weighted by molar-refractivity contribution is 0.0970. The lowest BCUT2D eigenvalue weighted by atomic mass is 9.80. The van der Waals surface area contributed by atoms with Crippen LogP contribution in [0.1, 0.15) is 42.2 Å². The molecule has 0 bridgehead atoms. The highest BCUT2D eigenvalue weighted by molar-refractivity contribution is 9.09. The third-order valence-corrected chi connectivity index (χ3v) is 5.46. The molecule has 8 heteroatoms. The molecule has 0 aliphatic heterocycles. The first-order chi connectivity index (χ1) is 13.8. The SMILES string of the molecule is COc1cccc2c(O)c3c(c(O)c12)C(=O)c1c(O)cc(C(=O)CBr)cc1C3=O. The van der Waals surface area contributed by atoms with Gasteiger partial charge in [0.25, 0.3) is 0 Å². The maximum atomic E-state index is 13.2. The van der Waals surface area contributed by atoms with Gasteiger partial charge in [-0.3, -0.25) is 14.4 Å². The number of hydrogen-bond donors (Lipinski definition) is 3. The van der Waals surface area contributed by atoms with Crippen LogP contribution >= 0.6 is 15.9 Å². The number of ether oxygens (including phenoxy) is 1. The number of methoxy groups -OCH3 is 1. The Bertz CT molecular complexity index is 1260. The Hall–Kier alpha value is -3.39. The molecule has 0 fully saturated rings. The van der Waals surface area contributed by atoms with Gasteiger partial charge in [-0.15, -0.1) is 0 Å². The summed E-state index contributed by atoms with van der Waals surface area (Å²) in [5.74, 6) is -3.41. The summed E-state index contributed by atoms with van der Waals surface area (Å²) in [4.78, 5) is 38.3. The quantitative estimate of drug-likeness (QED) is 0.245. The Morgan fingerprint density at radius 3 is 2.34 bits per heavy atom. The van der Waals surface area contributed by atoms with Crippen molar-refractivity contribution in [2.45, 2.75) is 0 Å². The Balaban J connectivity index is 2.11. The number of ketones is 3. The summed E-state index contributed by atoms with van der Waals surface area (Å²) in [6.07, 6.45) is 0. The fraction of sp³-hybridized carbons (Fsp3) is 0.0952. The first-order valence-corrected chi connectivity index (χ1v) is 9.54. The van der Waals surface area contributed by atoms with Gasteiger partial charge in [0.15, 0.2) is 11.6 Å². The number of Topliss-reactive ketones (excluding diaryl/α,β-unsaturated/α-hetero) is 1. The van der Waals surface area contributed by atoms with Crippen LogP contribution in [0.2, 0.25) is 0 Å². The summed E-state index contributed by atoms with van der Waals surface area (Å²) >= 11 is 3.02. The summed E-state index contributed by atoms with van der Waals surface area (Å²) in [5.41, 5.74) is -1.33. The Morgan fingerprint density at radius 2 is 1.69 bits per heavy atom. The van der Waals surface area contributed by atoms with E-state index in [0.29, 0.717) is 0 Å². The van der Waals surface area contributed by atoms with Gasteiger partial charge in [0, 0.05) is 16.5 Å². The van der Waals surface area contributed by atoms with Gasteiger partial charge in [0.05, 0.1) is 34.5 Å². The van der Waals surface area contributed by atoms with Crippen molar-refractivity contribution in [1.29, 1.82) is 0 Å². The van der Waals surface area contributed by atoms with Crippen molar-refractivity contribution in [3.05, 3.63) is 58.1 Å². The predicted octanol–water partition coefficient (Wildman–Crippen LogP) is 3.32. The molecule has 0 atom stereocenters. The van der Waals surface area contributed by atoms with Gasteiger partial charge in [-0.05, 0) is 18.2 Å². The van der Waals surface area contributed by atoms with E-state index >= 15 is 0 Å². The number of phenolic OH excluding ortho intramolecular Hbond substituents is 3. The molecular weight excluding hydrogens is 444 g/mol. The van der Waals surface area contributed by atoms with E-state index in [-0.39, 0.29) is 44.1 Å². The van der Waals surface area contributed by atoms with E-state index in [1.54, 1.807) is 6.07 Å². The number of fused-ring (bicyclic) bond motifs is 3. The molecule has 1 aliphatic carbocycles. The second-order valence-corrected chi connectivity index (χ2v) is 7.02. The second-order valence-electron chi connectivity index (χ2n) is 6.46. The van der Waals surface area contributed by atoms with E-state index in [1.165, 1.54) is 25.3 Å². The van der Waals surface area contributed by atoms with Gasteiger partial charge in [0.1, 0.15) is 23.0 Å². The Labute approximate surface area is 172 Å². The molecule has 0 amide bonds. The molecule has 0 aromatic heterocycles. The number of alkyl halides is 1. The minimum absolute atomic E-state index is 0.0360. The minimum atomic E-state index is -0.842. The van der Waals surface area contributed by atoms with Crippen LogP contribution in [-0.4, -0.2) is 45.1 Å². The van der Waals surface area contributed by atoms with Crippen LogP contribution in [0.25, 0.3) is 10.8 Å². The van der Waals surface area contributed by atoms with Crippen molar-refractivity contribution >= 4 is 44.1 Å². The van der Waals surface area contributed by atoms with Crippen molar-refractivity contribution in [2.75, 3.05) is 12.4 Å². The third kappa shape index (κ3) is 2.52. The maximum Gasteiger partial charge on any atom is 0.202 e. The largest absolute Gasteiger partial charge is 0.507 e. The number of carbonyl (C=O) groups excluding carboxylic acids is 3. The number of carbonyl (C=O) groups is 3. The summed E-state index contributed by atoms with van der Waals surface area (Å²) in [7, 11) is 1.36. The van der Waals surface area contributed by atoms with E-state index in [9.17, 15) is 29.7 Å². The molecule has 0 unspecified atom stereocenters. The van der Waals surface area contributed by atoms with Crippen molar-refractivity contribution in [1.82, 2.24) is 0 Å². The monoisotopic (exact) mass is 456 g/mol. The zero-order chi connectivity index (χ0) is 21.0. The van der Waals surface area contributed by atoms with Crippen LogP contribution in [0, 0.1) is 0 Å². The van der Waals surface area contributed by atoms with Crippen LogP contribution in [0.3, 0.4) is 0 Å². The molecular formula is C21H13BrO7. The van der Waals surface area contributed by atoms with Crippen molar-refractivity contribution < 1.29 is 34.4 Å². The molecule has 3 aromatic carbocycles. The molecule has 4 rings (SSSR count). The summed E-state index contributed by atoms with van der Waals surface area (Å²) in [6.45, 7) is 0. The van der Waals surface area contributed by atoms with Crippen LogP contribution in [-0.2, 0) is 0 Å². The van der Waals surface area contributed by atoms with Gasteiger partial charge >= 0.3 is 0 Å². The van der Waals surface area contributed by atoms with Gasteiger partial charge in [-0.2, -0.15) is 0 Å². The smallest absolute Gasteiger partial charge is 0.202 e. The van der Waals surface area contributed by atoms with Gasteiger partial charge in [-0.25, -0.2) is 0 Å². The lowest BCUT2D eigenvalue weighted by Crippen LogP contribution is -2.22. The van der Waals surface area contributed by atoms with Crippen LogP contribution < -0.4 is 4.74 Å². The number of benzene rings is 3. The van der Waals surface area contributed by atoms with E-state index in [0.717, 1.165) is 6.07 Å². The first-order valence-electron chi connectivity index (χ1n) is 8.42. The van der Waals surface area contributed by atoms with Crippen molar-refractivity contribution in [3.63, 3.8) is 0 Å². The standard InChI is InChI=1S/C21H13BrO7/c1-29-13-4-2-3-9-15(13)21(28)17-16(18(9)25)19(26)10-5-8(12(24)7-22)6-11(23)14(10)20(17)27/h2-6,23,25,28H,7H2,1H3. The highest BCUT2D eigenvalue weighted by atomic mass is 79.9. The zero-order valence-corrected chi connectivity index (χ0v) is 16.5. The molecule has 3 aromatic rings. The van der Waals surface area contributed by atoms with E-state index < -0.39 is 40.2 Å². The summed E-state index contributed by atoms with van der Waals surface area (Å²) in [5, 5.41) is 32.1. The number of halogens is 1. The molecule has 146 valence electrons. The fourth-order valence-electron chi connectivity index (χ4n) is 3.62. The molecule has 7 nitrogen and oxygen atoms in total. The molecule has 0 heterocycles. The zero-order valence-electron chi connectivity index (χ0n) is 14.9. The average Bonchev–Trinajstić information content (AvgIpc) is 2.72. The molecule has 0 saturated heterocycles. The van der Waals surface area contributed by atoms with Crippen molar-refractivity contribution in [3.8, 4) is 23.0 Å². The molecule has 29 heavy (non-hydrogen) atoms. The predicted molar refractivity (Wildman–Crippen MR) is 107 cm³/mol. The highest BCUT2D eigenvalue weighted by Crippen LogP contribution is 2.48. The van der Waals surface area contributed by atoms with E-state index in [1.807, 2.05) is 0 Å². The minimum Gasteiger partial charge on any atom is -0.507 e. The van der Waals surface area contributed by atoms with Crippen molar-refractivity contribution in [2.24, 2.45) is 0 Å². The molecule has 3 N–H and O–H groups in total. The van der Waals surface area contributed by atoms with Gasteiger partial charge in [0.2, 0.25) is 5.78 Å². The fourth-order valence-corrected chi connectivity index (χ4v) is 3.95. The maximum absolute atomic E-state index is 13.2.